The smallest absolute Gasteiger partial charge is 0.270 e. The fourth-order valence-corrected chi connectivity index (χ4v) is 4.85. The summed E-state index contributed by atoms with van der Waals surface area (Å²) in [5.41, 5.74) is 0.953. The summed E-state index contributed by atoms with van der Waals surface area (Å²) in [5.74, 6) is -2.84. The first-order valence-electron chi connectivity index (χ1n) is 11.7. The second-order valence-electron chi connectivity index (χ2n) is 9.39. The van der Waals surface area contributed by atoms with E-state index in [0.717, 1.165) is 51.0 Å². The topological polar surface area (TPSA) is 41.1 Å². The Hall–Kier alpha value is -2.31. The van der Waals surface area contributed by atoms with Crippen LogP contribution < -0.4 is 10.2 Å². The van der Waals surface area contributed by atoms with Gasteiger partial charge in [-0.25, -0.2) is 18.7 Å². The monoisotopic (exact) mass is 448 g/mol. The fraction of sp³-hybridized carbons (Fsp3) is 0.600. The van der Waals surface area contributed by atoms with E-state index in [-0.39, 0.29) is 28.7 Å². The molecule has 1 aliphatic heterocycles. The van der Waals surface area contributed by atoms with E-state index in [1.54, 1.807) is 12.1 Å². The third-order valence-electron chi connectivity index (χ3n) is 6.49. The van der Waals surface area contributed by atoms with Crippen LogP contribution in [-0.2, 0) is 5.92 Å². The average molecular weight is 449 g/mol. The van der Waals surface area contributed by atoms with Crippen molar-refractivity contribution in [2.45, 2.75) is 78.2 Å². The van der Waals surface area contributed by atoms with Gasteiger partial charge in [0, 0.05) is 25.6 Å². The van der Waals surface area contributed by atoms with Crippen molar-refractivity contribution >= 4 is 11.6 Å². The summed E-state index contributed by atoms with van der Waals surface area (Å²) in [7, 11) is 0. The molecule has 1 aromatic carbocycles. The van der Waals surface area contributed by atoms with Gasteiger partial charge in [-0.05, 0) is 36.7 Å². The first kappa shape index (κ1) is 24.3. The number of hydrogen-bond acceptors (Lipinski definition) is 4. The average Bonchev–Trinajstić information content (AvgIpc) is 3.22. The van der Waals surface area contributed by atoms with Gasteiger partial charge in [-0.15, -0.1) is 0 Å². The van der Waals surface area contributed by atoms with Gasteiger partial charge in [0.05, 0.1) is 6.04 Å². The van der Waals surface area contributed by atoms with E-state index in [4.69, 9.17) is 0 Å². The number of nitrogens with one attached hydrogen (secondary N) is 1. The normalized spacial score (nSPS) is 17.1. The number of nitrogens with zero attached hydrogens (tertiary/aromatic N) is 3. The zero-order chi connectivity index (χ0) is 23.4. The highest BCUT2D eigenvalue weighted by atomic mass is 19.3. The molecule has 4 nitrogen and oxygen atoms in total. The highest BCUT2D eigenvalue weighted by Crippen LogP contribution is 2.38. The van der Waals surface area contributed by atoms with Crippen molar-refractivity contribution in [2.75, 3.05) is 23.3 Å². The minimum absolute atomic E-state index is 0.0206. The number of anilines is 2. The van der Waals surface area contributed by atoms with Crippen LogP contribution in [0.1, 0.15) is 83.4 Å². The first-order chi connectivity index (χ1) is 15.2. The predicted octanol–water partition coefficient (Wildman–Crippen LogP) is 7.09. The molecule has 2 aromatic rings. The zero-order valence-corrected chi connectivity index (χ0v) is 19.6. The fourth-order valence-electron chi connectivity index (χ4n) is 4.85. The van der Waals surface area contributed by atoms with Crippen molar-refractivity contribution in [2.24, 2.45) is 5.41 Å². The Balaban J connectivity index is 1.80. The standard InChI is InChI=1S/C25H35F3N4/c1-5-13-24(3,14-6-2)16-29-22-21(26)23(31-17-30-22)32-15-7-8-20(32)18-9-11-19(12-10-18)25(4,27)28/h9-12,17,20H,5-8,13-16H2,1-4H3,(H,29,30,31). The van der Waals surface area contributed by atoms with E-state index >= 15 is 4.39 Å². The molecule has 1 atom stereocenters. The maximum Gasteiger partial charge on any atom is 0.270 e. The molecule has 0 spiro atoms. The van der Waals surface area contributed by atoms with Crippen molar-refractivity contribution in [3.8, 4) is 0 Å². The lowest BCUT2D eigenvalue weighted by Gasteiger charge is -2.30. The van der Waals surface area contributed by atoms with E-state index in [0.29, 0.717) is 13.1 Å². The molecule has 1 aliphatic rings. The van der Waals surface area contributed by atoms with Crippen LogP contribution in [0.25, 0.3) is 0 Å². The summed E-state index contributed by atoms with van der Waals surface area (Å²) in [6.45, 7) is 8.76. The predicted molar refractivity (Wildman–Crippen MR) is 124 cm³/mol. The summed E-state index contributed by atoms with van der Waals surface area (Å²) in [6.07, 6.45) is 7.38. The van der Waals surface area contributed by atoms with Gasteiger partial charge in [-0.1, -0.05) is 57.9 Å². The van der Waals surface area contributed by atoms with E-state index in [2.05, 4.69) is 36.1 Å². The highest BCUT2D eigenvalue weighted by Gasteiger charge is 2.32. The molecule has 0 amide bonds. The lowest BCUT2D eigenvalue weighted by Crippen LogP contribution is -2.28. The Morgan fingerprint density at radius 3 is 2.31 bits per heavy atom. The molecule has 1 saturated heterocycles. The molecule has 1 N–H and O–H groups in total. The van der Waals surface area contributed by atoms with Crippen molar-refractivity contribution < 1.29 is 13.2 Å². The summed E-state index contributed by atoms with van der Waals surface area (Å²) in [6, 6.07) is 6.25. The van der Waals surface area contributed by atoms with Crippen molar-refractivity contribution in [1.82, 2.24) is 9.97 Å². The molecule has 0 bridgehead atoms. The minimum Gasteiger partial charge on any atom is -0.367 e. The SMILES string of the molecule is CCCC(C)(CCC)CNc1ncnc(N2CCCC2c2ccc(C(C)(F)F)cc2)c1F. The summed E-state index contributed by atoms with van der Waals surface area (Å²) >= 11 is 0. The van der Waals surface area contributed by atoms with Gasteiger partial charge in [0.2, 0.25) is 5.82 Å². The Bertz CT molecular complexity index is 874. The first-order valence-corrected chi connectivity index (χ1v) is 11.7. The van der Waals surface area contributed by atoms with Crippen LogP contribution in [0.2, 0.25) is 0 Å². The molecule has 7 heteroatoms. The summed E-state index contributed by atoms with van der Waals surface area (Å²) in [5, 5.41) is 3.23. The van der Waals surface area contributed by atoms with Gasteiger partial charge in [0.15, 0.2) is 11.6 Å². The van der Waals surface area contributed by atoms with Gasteiger partial charge in [-0.2, -0.15) is 4.39 Å². The maximum atomic E-state index is 15.5. The van der Waals surface area contributed by atoms with E-state index < -0.39 is 11.7 Å². The van der Waals surface area contributed by atoms with Crippen LogP contribution in [0, 0.1) is 11.2 Å². The molecular weight excluding hydrogens is 413 g/mol. The Morgan fingerprint density at radius 2 is 1.72 bits per heavy atom. The second kappa shape index (κ2) is 10.1. The molecule has 1 aromatic heterocycles. The molecule has 1 fully saturated rings. The number of hydrogen-bond donors (Lipinski definition) is 1. The molecule has 2 heterocycles. The number of alkyl halides is 2. The maximum absolute atomic E-state index is 15.5. The molecule has 0 saturated carbocycles. The van der Waals surface area contributed by atoms with Gasteiger partial charge in [0.25, 0.3) is 5.92 Å². The summed E-state index contributed by atoms with van der Waals surface area (Å²) < 4.78 is 42.6. The Kier molecular flexibility index (Phi) is 7.67. The third-order valence-corrected chi connectivity index (χ3v) is 6.49. The van der Waals surface area contributed by atoms with Gasteiger partial charge >= 0.3 is 0 Å². The van der Waals surface area contributed by atoms with Gasteiger partial charge in [-0.3, -0.25) is 0 Å². The van der Waals surface area contributed by atoms with Crippen LogP contribution in [0.15, 0.2) is 30.6 Å². The molecular formula is C25H35F3N4. The van der Waals surface area contributed by atoms with Gasteiger partial charge < -0.3 is 10.2 Å². The minimum atomic E-state index is -2.88. The number of halogens is 3. The zero-order valence-electron chi connectivity index (χ0n) is 19.6. The summed E-state index contributed by atoms with van der Waals surface area (Å²) in [4.78, 5) is 10.3. The highest BCUT2D eigenvalue weighted by molar-refractivity contribution is 5.53. The second-order valence-corrected chi connectivity index (χ2v) is 9.39. The lowest BCUT2D eigenvalue weighted by atomic mass is 9.81. The lowest BCUT2D eigenvalue weighted by molar-refractivity contribution is 0.0174. The quantitative estimate of drug-likeness (QED) is 0.421. The molecule has 0 radical (unpaired) electrons. The molecule has 32 heavy (non-hydrogen) atoms. The Morgan fingerprint density at radius 1 is 1.06 bits per heavy atom. The van der Waals surface area contributed by atoms with Crippen molar-refractivity contribution in [1.29, 1.82) is 0 Å². The Labute approximate surface area is 189 Å². The number of aromatic nitrogens is 2. The van der Waals surface area contributed by atoms with Crippen LogP contribution in [0.4, 0.5) is 24.8 Å². The van der Waals surface area contributed by atoms with Crippen molar-refractivity contribution in [3.63, 3.8) is 0 Å². The number of rotatable bonds is 10. The third kappa shape index (κ3) is 5.54. The van der Waals surface area contributed by atoms with E-state index in [1.807, 2.05) is 4.90 Å². The van der Waals surface area contributed by atoms with Crippen LogP contribution in [0.5, 0.6) is 0 Å². The van der Waals surface area contributed by atoms with Crippen LogP contribution in [-0.4, -0.2) is 23.1 Å². The molecule has 176 valence electrons. The van der Waals surface area contributed by atoms with E-state index in [9.17, 15) is 8.78 Å². The molecule has 0 aliphatic carbocycles. The van der Waals surface area contributed by atoms with Gasteiger partial charge in [0.1, 0.15) is 6.33 Å². The van der Waals surface area contributed by atoms with Crippen LogP contribution in [0.3, 0.4) is 0 Å². The van der Waals surface area contributed by atoms with Crippen molar-refractivity contribution in [3.05, 3.63) is 47.5 Å². The number of benzene rings is 1. The van der Waals surface area contributed by atoms with E-state index in [1.165, 1.54) is 18.5 Å². The largest absolute Gasteiger partial charge is 0.367 e. The molecule has 1 unspecified atom stereocenters. The van der Waals surface area contributed by atoms with Crippen LogP contribution >= 0.6 is 0 Å². The molecule has 3 rings (SSSR count).